The lowest BCUT2D eigenvalue weighted by Crippen LogP contribution is -2.25. The summed E-state index contributed by atoms with van der Waals surface area (Å²) >= 11 is 0. The van der Waals surface area contributed by atoms with E-state index in [0.717, 1.165) is 5.69 Å². The highest BCUT2D eigenvalue weighted by atomic mass is 32.2. The summed E-state index contributed by atoms with van der Waals surface area (Å²) in [6.07, 6.45) is 4.62. The number of nitrogens with one attached hydrogen (secondary N) is 3. The second-order valence-electron chi connectivity index (χ2n) is 4.76. The maximum atomic E-state index is 12.0. The van der Waals surface area contributed by atoms with E-state index in [4.69, 9.17) is 4.74 Å². The Hall–Kier alpha value is -0.890. The van der Waals surface area contributed by atoms with Gasteiger partial charge in [-0.3, -0.25) is 0 Å². The predicted octanol–water partition coefficient (Wildman–Crippen LogP) is 0.582. The van der Waals surface area contributed by atoms with Crippen LogP contribution in [0.25, 0.3) is 0 Å². The summed E-state index contributed by atoms with van der Waals surface area (Å²) in [6.45, 7) is 1.62. The summed E-state index contributed by atoms with van der Waals surface area (Å²) in [5.74, 6) is 0. The average molecular weight is 287 g/mol. The van der Waals surface area contributed by atoms with Crippen LogP contribution in [0, 0.1) is 0 Å². The van der Waals surface area contributed by atoms with E-state index in [1.807, 2.05) is 0 Å². The van der Waals surface area contributed by atoms with Gasteiger partial charge in [-0.2, -0.15) is 0 Å². The summed E-state index contributed by atoms with van der Waals surface area (Å²) < 4.78 is 31.4. The van der Waals surface area contributed by atoms with Crippen molar-refractivity contribution in [3.63, 3.8) is 0 Å². The molecule has 1 aromatic heterocycles. The number of hydrogen-bond donors (Lipinski definition) is 3. The minimum atomic E-state index is -3.41. The maximum Gasteiger partial charge on any atom is 0.242 e. The molecule has 3 N–H and O–H groups in total. The van der Waals surface area contributed by atoms with E-state index >= 15 is 0 Å². The minimum Gasteiger partial charge on any atom is -0.385 e. The van der Waals surface area contributed by atoms with E-state index in [1.165, 1.54) is 19.0 Å². The number of aromatic amines is 1. The van der Waals surface area contributed by atoms with E-state index in [9.17, 15) is 8.42 Å². The molecule has 7 heteroatoms. The molecule has 0 spiro atoms. The highest BCUT2D eigenvalue weighted by Gasteiger charge is 2.21. The van der Waals surface area contributed by atoms with Gasteiger partial charge in [0.25, 0.3) is 0 Å². The van der Waals surface area contributed by atoms with Crippen molar-refractivity contribution in [2.45, 2.75) is 36.7 Å². The topological polar surface area (TPSA) is 83.2 Å². The molecule has 0 aliphatic heterocycles. The molecular formula is C12H21N3O3S. The minimum absolute atomic E-state index is 0.289. The standard InChI is InChI=1S/C12H21N3O3S/c1-18-6-2-5-15-19(16,17)12-7-11(14-9-12)8-13-10-3-4-10/h7,9-10,13-15H,2-6,8H2,1H3. The number of hydrogen-bond acceptors (Lipinski definition) is 4. The first-order valence-corrected chi connectivity index (χ1v) is 7.99. The lowest BCUT2D eigenvalue weighted by molar-refractivity contribution is 0.196. The number of ether oxygens (including phenoxy) is 1. The largest absolute Gasteiger partial charge is 0.385 e. The van der Waals surface area contributed by atoms with Gasteiger partial charge in [0.2, 0.25) is 10.0 Å². The van der Waals surface area contributed by atoms with Crippen LogP contribution in [0.15, 0.2) is 17.2 Å². The number of aromatic nitrogens is 1. The summed E-state index contributed by atoms with van der Waals surface area (Å²) in [4.78, 5) is 3.28. The lowest BCUT2D eigenvalue weighted by atomic mass is 10.4. The number of sulfonamides is 1. The molecule has 0 aromatic carbocycles. The van der Waals surface area contributed by atoms with Crippen molar-refractivity contribution in [1.82, 2.24) is 15.0 Å². The molecule has 108 valence electrons. The summed E-state index contributed by atoms with van der Waals surface area (Å²) in [5, 5.41) is 3.33. The quantitative estimate of drug-likeness (QED) is 0.580. The van der Waals surface area contributed by atoms with Gasteiger partial charge in [-0.25, -0.2) is 13.1 Å². The fourth-order valence-corrected chi connectivity index (χ4v) is 2.82. The Labute approximate surface area is 114 Å². The zero-order chi connectivity index (χ0) is 13.7. The van der Waals surface area contributed by atoms with Crippen LogP contribution in [0.3, 0.4) is 0 Å². The maximum absolute atomic E-state index is 12.0. The van der Waals surface area contributed by atoms with Crippen molar-refractivity contribution < 1.29 is 13.2 Å². The Balaban J connectivity index is 1.84. The molecule has 6 nitrogen and oxygen atoms in total. The lowest BCUT2D eigenvalue weighted by Gasteiger charge is -2.04. The van der Waals surface area contributed by atoms with Crippen LogP contribution < -0.4 is 10.0 Å². The van der Waals surface area contributed by atoms with Crippen molar-refractivity contribution in [1.29, 1.82) is 0 Å². The summed E-state index contributed by atoms with van der Waals surface area (Å²) in [6, 6.07) is 2.28. The molecule has 0 bridgehead atoms. The van der Waals surface area contributed by atoms with Crippen molar-refractivity contribution in [2.24, 2.45) is 0 Å². The zero-order valence-electron chi connectivity index (χ0n) is 11.1. The fourth-order valence-electron chi connectivity index (χ4n) is 1.72. The second-order valence-corrected chi connectivity index (χ2v) is 6.53. The number of H-pyrrole nitrogens is 1. The SMILES string of the molecule is COCCCNS(=O)(=O)c1c[nH]c(CNC2CC2)c1. The smallest absolute Gasteiger partial charge is 0.242 e. The predicted molar refractivity (Wildman–Crippen MR) is 72.3 cm³/mol. The van der Waals surface area contributed by atoms with E-state index in [-0.39, 0.29) is 4.90 Å². The summed E-state index contributed by atoms with van der Waals surface area (Å²) in [5.41, 5.74) is 0.893. The molecule has 0 radical (unpaired) electrons. The molecule has 2 rings (SSSR count). The first-order valence-electron chi connectivity index (χ1n) is 6.51. The first-order chi connectivity index (χ1) is 9.12. The van der Waals surface area contributed by atoms with Gasteiger partial charge in [-0.05, 0) is 25.3 Å². The Bertz CT molecular complexity index is 494. The first kappa shape index (κ1) is 14.5. The van der Waals surface area contributed by atoms with E-state index < -0.39 is 10.0 Å². The molecule has 1 saturated carbocycles. The van der Waals surface area contributed by atoms with Gasteiger partial charge in [0.15, 0.2) is 0 Å². The van der Waals surface area contributed by atoms with E-state index in [1.54, 1.807) is 13.2 Å². The molecule has 1 heterocycles. The highest BCUT2D eigenvalue weighted by Crippen LogP contribution is 2.19. The Morgan fingerprint density at radius 3 is 2.95 bits per heavy atom. The van der Waals surface area contributed by atoms with Crippen LogP contribution in [0.1, 0.15) is 25.0 Å². The molecule has 1 aromatic rings. The fraction of sp³-hybridized carbons (Fsp3) is 0.667. The average Bonchev–Trinajstić information content (AvgIpc) is 3.08. The molecule has 1 aliphatic rings. The van der Waals surface area contributed by atoms with Crippen molar-refractivity contribution in [2.75, 3.05) is 20.3 Å². The zero-order valence-corrected chi connectivity index (χ0v) is 11.9. The molecular weight excluding hydrogens is 266 g/mol. The molecule has 1 fully saturated rings. The van der Waals surface area contributed by atoms with Gasteiger partial charge in [0, 0.05) is 44.7 Å². The van der Waals surface area contributed by atoms with Gasteiger partial charge < -0.3 is 15.0 Å². The van der Waals surface area contributed by atoms with E-state index in [2.05, 4.69) is 15.0 Å². The monoisotopic (exact) mass is 287 g/mol. The molecule has 0 atom stereocenters. The normalized spacial score (nSPS) is 15.8. The van der Waals surface area contributed by atoms with Gasteiger partial charge in [0.05, 0.1) is 4.90 Å². The van der Waals surface area contributed by atoms with Crippen molar-refractivity contribution in [3.05, 3.63) is 18.0 Å². The van der Waals surface area contributed by atoms with Crippen molar-refractivity contribution in [3.8, 4) is 0 Å². The van der Waals surface area contributed by atoms with Crippen LogP contribution >= 0.6 is 0 Å². The number of rotatable bonds is 9. The van der Waals surface area contributed by atoms with Gasteiger partial charge in [-0.15, -0.1) is 0 Å². The third-order valence-corrected chi connectivity index (χ3v) is 4.44. The van der Waals surface area contributed by atoms with E-state index in [0.29, 0.717) is 32.2 Å². The van der Waals surface area contributed by atoms with Gasteiger partial charge in [0.1, 0.15) is 0 Å². The molecule has 0 amide bonds. The highest BCUT2D eigenvalue weighted by molar-refractivity contribution is 7.89. The van der Waals surface area contributed by atoms with Crippen LogP contribution in [-0.4, -0.2) is 39.7 Å². The van der Waals surface area contributed by atoms with Crippen LogP contribution in [0.5, 0.6) is 0 Å². The molecule has 1 aliphatic carbocycles. The Morgan fingerprint density at radius 2 is 2.26 bits per heavy atom. The third kappa shape index (κ3) is 4.61. The molecule has 0 unspecified atom stereocenters. The summed E-state index contributed by atoms with van der Waals surface area (Å²) in [7, 11) is -1.81. The van der Waals surface area contributed by atoms with Crippen molar-refractivity contribution >= 4 is 10.0 Å². The van der Waals surface area contributed by atoms with Crippen LogP contribution in [0.4, 0.5) is 0 Å². The van der Waals surface area contributed by atoms with Crippen LogP contribution in [-0.2, 0) is 21.3 Å². The molecule has 0 saturated heterocycles. The number of methoxy groups -OCH3 is 1. The third-order valence-electron chi connectivity index (χ3n) is 3.00. The molecule has 19 heavy (non-hydrogen) atoms. The van der Waals surface area contributed by atoms with Gasteiger partial charge in [-0.1, -0.05) is 0 Å². The van der Waals surface area contributed by atoms with Crippen LogP contribution in [0.2, 0.25) is 0 Å². The Kier molecular flexibility index (Phi) is 4.98. The second kappa shape index (κ2) is 6.51. The van der Waals surface area contributed by atoms with Gasteiger partial charge >= 0.3 is 0 Å². The Morgan fingerprint density at radius 1 is 1.47 bits per heavy atom.